The average molecular weight is 830 g/mol. The first-order valence-electron chi connectivity index (χ1n) is 22.6. The van der Waals surface area contributed by atoms with Gasteiger partial charge in [-0.25, -0.2) is 15.0 Å². The van der Waals surface area contributed by atoms with Crippen molar-refractivity contribution in [2.75, 3.05) is 4.90 Å². The number of para-hydroxylation sites is 2. The van der Waals surface area contributed by atoms with E-state index in [0.29, 0.717) is 17.5 Å². The third kappa shape index (κ3) is 5.19. The molecule has 0 spiro atoms. The average Bonchev–Trinajstić information content (AvgIpc) is 3.87. The van der Waals surface area contributed by atoms with Crippen LogP contribution >= 0.6 is 0 Å². The Morgan fingerprint density at radius 3 is 1.98 bits per heavy atom. The number of hydrogen-bond donors (Lipinski definition) is 0. The number of fused-ring (bicyclic) bond motifs is 11. The highest BCUT2D eigenvalue weighted by atomic mass is 15.2. The van der Waals surface area contributed by atoms with Crippen LogP contribution in [0.3, 0.4) is 0 Å². The molecule has 5 heterocycles. The van der Waals surface area contributed by atoms with Crippen LogP contribution in [0.4, 0.5) is 17.1 Å². The Hall–Kier alpha value is -8.09. The van der Waals surface area contributed by atoms with Gasteiger partial charge in [-0.15, -0.1) is 0 Å². The van der Waals surface area contributed by atoms with E-state index in [0.717, 1.165) is 33.4 Å². The summed E-state index contributed by atoms with van der Waals surface area (Å²) in [6.45, 7) is 7.01. The van der Waals surface area contributed by atoms with E-state index < -0.39 is 0 Å². The van der Waals surface area contributed by atoms with Gasteiger partial charge in [0.2, 0.25) is 6.71 Å². The minimum absolute atomic E-state index is 0.00362. The van der Waals surface area contributed by atoms with E-state index in [2.05, 4.69) is 200 Å². The standard InChI is InChI=1S/C59H40BN5/c1-59(2,3)39-27-30-50-45(34-39)44-22-14-17-35-26-29-48-55(53(35)44)65(50)52-33-38(31-46-41-20-10-12-23-47(41)60(48)54(46)52)58-62-56(36-15-6-4-7-16-36)61-57(63-58)37-25-28-43-42-21-11-13-24-49(42)64(51(43)32-37)40-18-8-5-9-19-40/h4-34H,1-3H3. The summed E-state index contributed by atoms with van der Waals surface area (Å²) in [5.74, 6) is 1.91. The molecule has 3 aliphatic rings. The van der Waals surface area contributed by atoms with E-state index in [1.807, 2.05) is 18.2 Å². The summed E-state index contributed by atoms with van der Waals surface area (Å²) in [7, 11) is 0. The zero-order valence-electron chi connectivity index (χ0n) is 36.2. The van der Waals surface area contributed by atoms with E-state index in [1.54, 1.807) is 0 Å². The van der Waals surface area contributed by atoms with Gasteiger partial charge in [-0.3, -0.25) is 0 Å². The molecule has 6 heteroatoms. The molecule has 9 aromatic carbocycles. The second kappa shape index (κ2) is 13.2. The maximum Gasteiger partial charge on any atom is 0.248 e. The van der Waals surface area contributed by atoms with E-state index in [1.165, 1.54) is 82.8 Å². The lowest BCUT2D eigenvalue weighted by Gasteiger charge is -2.41. The molecule has 0 aliphatic carbocycles. The van der Waals surface area contributed by atoms with Gasteiger partial charge in [-0.05, 0) is 92.5 Å². The number of aromatic nitrogens is 4. The zero-order valence-corrected chi connectivity index (χ0v) is 36.2. The largest absolute Gasteiger partial charge is 0.310 e. The van der Waals surface area contributed by atoms with Crippen molar-refractivity contribution >= 4 is 72.7 Å². The molecule has 0 saturated carbocycles. The Morgan fingerprint density at radius 1 is 0.446 bits per heavy atom. The van der Waals surface area contributed by atoms with Crippen LogP contribution in [0.25, 0.3) is 94.7 Å². The van der Waals surface area contributed by atoms with Gasteiger partial charge in [-0.2, -0.15) is 0 Å². The molecule has 0 N–H and O–H groups in total. The molecule has 2 aromatic heterocycles. The minimum Gasteiger partial charge on any atom is -0.310 e. The molecule has 0 bridgehead atoms. The SMILES string of the molecule is CC(C)(C)c1ccc2c(c1)-c1cccc3ccc4c(c13)N2c1cc(-c2nc(-c3ccccc3)nc(-c3ccc5c6ccccc6n(-c6ccccc6)c5c3)n2)cc2c1B4c1ccccc1-2. The van der Waals surface area contributed by atoms with Gasteiger partial charge in [-0.1, -0.05) is 166 Å². The molecular weight excluding hydrogens is 789 g/mol. The number of benzene rings is 9. The third-order valence-electron chi connectivity index (χ3n) is 14.1. The van der Waals surface area contributed by atoms with Crippen LogP contribution < -0.4 is 21.3 Å². The quantitative estimate of drug-likeness (QED) is 0.166. The first kappa shape index (κ1) is 36.4. The second-order valence-electron chi connectivity index (χ2n) is 18.8. The summed E-state index contributed by atoms with van der Waals surface area (Å²) in [5, 5.41) is 4.95. The van der Waals surface area contributed by atoms with Gasteiger partial charge >= 0.3 is 0 Å². The van der Waals surface area contributed by atoms with Crippen molar-refractivity contribution in [2.45, 2.75) is 26.2 Å². The summed E-state index contributed by atoms with van der Waals surface area (Å²) in [4.78, 5) is 18.6. The van der Waals surface area contributed by atoms with Gasteiger partial charge in [0.05, 0.1) is 16.7 Å². The molecule has 0 saturated heterocycles. The summed E-state index contributed by atoms with van der Waals surface area (Å²) in [6, 6.07) is 68.5. The van der Waals surface area contributed by atoms with Crippen molar-refractivity contribution in [1.82, 2.24) is 19.5 Å². The van der Waals surface area contributed by atoms with Gasteiger partial charge < -0.3 is 9.47 Å². The highest BCUT2D eigenvalue weighted by molar-refractivity contribution is 7.01. The number of nitrogens with zero attached hydrogens (tertiary/aromatic N) is 5. The minimum atomic E-state index is -0.00362. The van der Waals surface area contributed by atoms with Crippen molar-refractivity contribution in [3.05, 3.63) is 194 Å². The molecule has 0 amide bonds. The predicted octanol–water partition coefficient (Wildman–Crippen LogP) is 12.7. The highest BCUT2D eigenvalue weighted by Crippen LogP contribution is 2.54. The van der Waals surface area contributed by atoms with Crippen LogP contribution in [0.2, 0.25) is 0 Å². The smallest absolute Gasteiger partial charge is 0.248 e. The maximum atomic E-state index is 5.45. The fourth-order valence-electron chi connectivity index (χ4n) is 11.1. The molecule has 0 fully saturated rings. The fraction of sp³-hybridized carbons (Fsp3) is 0.0678. The second-order valence-corrected chi connectivity index (χ2v) is 18.8. The van der Waals surface area contributed by atoms with Gasteiger partial charge in [0, 0.05) is 55.5 Å². The monoisotopic (exact) mass is 829 g/mol. The Balaban J connectivity index is 1.04. The molecule has 0 unspecified atom stereocenters. The van der Waals surface area contributed by atoms with Crippen molar-refractivity contribution < 1.29 is 0 Å². The molecule has 65 heavy (non-hydrogen) atoms. The maximum absolute atomic E-state index is 5.45. The first-order chi connectivity index (χ1) is 31.9. The Morgan fingerprint density at radius 2 is 1.15 bits per heavy atom. The first-order valence-corrected chi connectivity index (χ1v) is 22.6. The van der Waals surface area contributed by atoms with E-state index >= 15 is 0 Å². The van der Waals surface area contributed by atoms with Crippen LogP contribution in [-0.2, 0) is 5.41 Å². The lowest BCUT2D eigenvalue weighted by Crippen LogP contribution is -2.55. The lowest BCUT2D eigenvalue weighted by atomic mass is 9.37. The number of hydrogen-bond acceptors (Lipinski definition) is 4. The molecular formula is C59H40BN5. The molecule has 5 nitrogen and oxygen atoms in total. The summed E-state index contributed by atoms with van der Waals surface area (Å²) in [6.07, 6.45) is 0. The number of anilines is 3. The van der Waals surface area contributed by atoms with Crippen molar-refractivity contribution in [3.63, 3.8) is 0 Å². The molecule has 14 rings (SSSR count). The van der Waals surface area contributed by atoms with E-state index in [4.69, 9.17) is 15.0 Å². The molecule has 304 valence electrons. The molecule has 3 aliphatic heterocycles. The molecule has 0 atom stereocenters. The lowest BCUT2D eigenvalue weighted by molar-refractivity contribution is 0.590. The van der Waals surface area contributed by atoms with Gasteiger partial charge in [0.25, 0.3) is 0 Å². The number of rotatable bonds is 4. The molecule has 11 aromatic rings. The van der Waals surface area contributed by atoms with E-state index in [9.17, 15) is 0 Å². The summed E-state index contributed by atoms with van der Waals surface area (Å²) >= 11 is 0. The predicted molar refractivity (Wildman–Crippen MR) is 270 cm³/mol. The fourth-order valence-corrected chi connectivity index (χ4v) is 11.1. The Labute approximate surface area is 377 Å². The van der Waals surface area contributed by atoms with Crippen molar-refractivity contribution in [1.29, 1.82) is 0 Å². The van der Waals surface area contributed by atoms with Crippen LogP contribution in [0.15, 0.2) is 188 Å². The van der Waals surface area contributed by atoms with Crippen molar-refractivity contribution in [2.24, 2.45) is 0 Å². The zero-order chi connectivity index (χ0) is 43.1. The van der Waals surface area contributed by atoms with E-state index in [-0.39, 0.29) is 12.1 Å². The van der Waals surface area contributed by atoms with Crippen LogP contribution in [0.1, 0.15) is 26.3 Å². The van der Waals surface area contributed by atoms with Gasteiger partial charge in [0.15, 0.2) is 17.5 Å². The Kier molecular flexibility index (Phi) is 7.41. The van der Waals surface area contributed by atoms with Crippen LogP contribution in [-0.4, -0.2) is 26.2 Å². The van der Waals surface area contributed by atoms with Gasteiger partial charge in [0.1, 0.15) is 0 Å². The van der Waals surface area contributed by atoms with Crippen LogP contribution in [0, 0.1) is 0 Å². The highest BCUT2D eigenvalue weighted by Gasteiger charge is 2.45. The third-order valence-corrected chi connectivity index (χ3v) is 14.1. The van der Waals surface area contributed by atoms with Crippen molar-refractivity contribution in [3.8, 4) is 62.1 Å². The summed E-state index contributed by atoms with van der Waals surface area (Å²) < 4.78 is 2.35. The molecule has 0 radical (unpaired) electrons. The van der Waals surface area contributed by atoms with Crippen LogP contribution in [0.5, 0.6) is 0 Å². The normalized spacial score (nSPS) is 13.1. The Bertz CT molecular complexity index is 3830. The topological polar surface area (TPSA) is 46.8 Å². The summed E-state index contributed by atoms with van der Waals surface area (Å²) in [5.41, 5.74) is 20.2.